The average Bonchev–Trinajstić information content (AvgIpc) is 2.14. The maximum absolute atomic E-state index is 11.8. The van der Waals surface area contributed by atoms with Gasteiger partial charge in [-0.2, -0.15) is 13.2 Å². The maximum atomic E-state index is 11.8. The van der Waals surface area contributed by atoms with Crippen LogP contribution in [-0.2, 0) is 4.74 Å². The minimum absolute atomic E-state index is 0.204. The predicted molar refractivity (Wildman–Crippen MR) is 50.6 cm³/mol. The van der Waals surface area contributed by atoms with E-state index in [1.807, 2.05) is 0 Å². The summed E-state index contributed by atoms with van der Waals surface area (Å²) in [5.74, 6) is 0. The van der Waals surface area contributed by atoms with Crippen LogP contribution in [0.2, 0.25) is 0 Å². The van der Waals surface area contributed by atoms with Crippen molar-refractivity contribution in [1.29, 1.82) is 0 Å². The molecule has 0 aromatic heterocycles. The van der Waals surface area contributed by atoms with Gasteiger partial charge in [-0.05, 0) is 13.3 Å². The molecule has 0 aromatic rings. The lowest BCUT2D eigenvalue weighted by Gasteiger charge is -2.18. The number of nitrogens with zero attached hydrogens (tertiary/aromatic N) is 1. The number of rotatable bonds is 3. The second kappa shape index (κ2) is 4.76. The average molecular weight is 222 g/mol. The molecule has 1 aliphatic rings. The van der Waals surface area contributed by atoms with Gasteiger partial charge in [-0.3, -0.25) is 4.99 Å². The topological polar surface area (TPSA) is 47.6 Å². The Kier molecular flexibility index (Phi) is 3.87. The van der Waals surface area contributed by atoms with E-state index in [1.165, 1.54) is 6.21 Å². The third-order valence-corrected chi connectivity index (χ3v) is 1.88. The van der Waals surface area contributed by atoms with E-state index in [0.29, 0.717) is 12.1 Å². The number of halogens is 3. The van der Waals surface area contributed by atoms with Crippen LogP contribution in [0.5, 0.6) is 0 Å². The van der Waals surface area contributed by atoms with Crippen molar-refractivity contribution in [2.45, 2.75) is 31.7 Å². The Hall–Kier alpha value is -0.880. The molecule has 2 unspecified atom stereocenters. The van der Waals surface area contributed by atoms with Crippen LogP contribution in [0, 0.1) is 0 Å². The van der Waals surface area contributed by atoms with E-state index in [-0.39, 0.29) is 6.04 Å². The van der Waals surface area contributed by atoms with Crippen molar-refractivity contribution in [2.24, 2.45) is 10.7 Å². The maximum Gasteiger partial charge on any atom is 0.411 e. The van der Waals surface area contributed by atoms with Gasteiger partial charge in [0.05, 0.1) is 11.8 Å². The lowest BCUT2D eigenvalue weighted by atomic mass is 10.1. The fraction of sp³-hybridized carbons (Fsp3) is 0.667. The van der Waals surface area contributed by atoms with Gasteiger partial charge in [-0.25, -0.2) is 0 Å². The van der Waals surface area contributed by atoms with Gasteiger partial charge in [0.1, 0.15) is 6.61 Å². The highest BCUT2D eigenvalue weighted by Crippen LogP contribution is 2.18. The van der Waals surface area contributed by atoms with Gasteiger partial charge < -0.3 is 10.5 Å². The molecular weight excluding hydrogens is 209 g/mol. The van der Waals surface area contributed by atoms with Gasteiger partial charge in [0.15, 0.2) is 0 Å². The predicted octanol–water partition coefficient (Wildman–Crippen LogP) is 1.64. The number of nitrogens with two attached hydrogens (primary N) is 1. The SMILES string of the molecule is CC(N)C1=CCC(OCC(F)(F)F)C=N1. The first-order valence-corrected chi connectivity index (χ1v) is 4.56. The Bertz CT molecular complexity index is 271. The van der Waals surface area contributed by atoms with Crippen molar-refractivity contribution in [1.82, 2.24) is 0 Å². The molecule has 1 rings (SSSR count). The van der Waals surface area contributed by atoms with Crippen molar-refractivity contribution in [3.05, 3.63) is 11.8 Å². The van der Waals surface area contributed by atoms with Gasteiger partial charge in [-0.15, -0.1) is 0 Å². The highest BCUT2D eigenvalue weighted by molar-refractivity contribution is 5.66. The lowest BCUT2D eigenvalue weighted by molar-refractivity contribution is -0.178. The number of hydrogen-bond donors (Lipinski definition) is 1. The van der Waals surface area contributed by atoms with Crippen LogP contribution >= 0.6 is 0 Å². The number of ether oxygens (including phenoxy) is 1. The zero-order valence-electron chi connectivity index (χ0n) is 8.29. The molecule has 86 valence electrons. The summed E-state index contributed by atoms with van der Waals surface area (Å²) >= 11 is 0. The van der Waals surface area contributed by atoms with Gasteiger partial charge in [0, 0.05) is 12.3 Å². The van der Waals surface area contributed by atoms with Gasteiger partial charge in [-0.1, -0.05) is 6.08 Å². The molecule has 0 spiro atoms. The molecule has 3 nitrogen and oxygen atoms in total. The van der Waals surface area contributed by atoms with Crippen LogP contribution in [0.15, 0.2) is 16.8 Å². The fourth-order valence-corrected chi connectivity index (χ4v) is 1.14. The molecule has 0 aliphatic carbocycles. The Morgan fingerprint density at radius 2 is 2.33 bits per heavy atom. The first-order valence-electron chi connectivity index (χ1n) is 4.56. The lowest BCUT2D eigenvalue weighted by Crippen LogP contribution is -2.27. The fourth-order valence-electron chi connectivity index (χ4n) is 1.14. The molecule has 6 heteroatoms. The van der Waals surface area contributed by atoms with Crippen LogP contribution in [-0.4, -0.2) is 31.1 Å². The van der Waals surface area contributed by atoms with Crippen molar-refractivity contribution in [2.75, 3.05) is 6.61 Å². The molecule has 1 heterocycles. The molecule has 0 radical (unpaired) electrons. The van der Waals surface area contributed by atoms with E-state index >= 15 is 0 Å². The third kappa shape index (κ3) is 4.44. The normalized spacial score (nSPS) is 23.8. The molecule has 2 N–H and O–H groups in total. The molecule has 15 heavy (non-hydrogen) atoms. The minimum Gasteiger partial charge on any atom is -0.363 e. The highest BCUT2D eigenvalue weighted by Gasteiger charge is 2.29. The molecule has 2 atom stereocenters. The number of aliphatic imine (C=N–C) groups is 1. The molecule has 0 saturated heterocycles. The van der Waals surface area contributed by atoms with Crippen molar-refractivity contribution in [3.63, 3.8) is 0 Å². The van der Waals surface area contributed by atoms with Crippen LogP contribution in [0.3, 0.4) is 0 Å². The Morgan fingerprint density at radius 1 is 1.67 bits per heavy atom. The molecule has 1 aliphatic heterocycles. The third-order valence-electron chi connectivity index (χ3n) is 1.88. The monoisotopic (exact) mass is 222 g/mol. The molecule has 0 saturated carbocycles. The van der Waals surface area contributed by atoms with E-state index in [2.05, 4.69) is 9.73 Å². The summed E-state index contributed by atoms with van der Waals surface area (Å²) in [6, 6.07) is -0.204. The Morgan fingerprint density at radius 3 is 2.73 bits per heavy atom. The van der Waals surface area contributed by atoms with Crippen LogP contribution in [0.1, 0.15) is 13.3 Å². The quantitative estimate of drug-likeness (QED) is 0.789. The summed E-state index contributed by atoms with van der Waals surface area (Å²) in [6.07, 6.45) is -1.44. The second-order valence-electron chi connectivity index (χ2n) is 3.40. The number of alkyl halides is 3. The van der Waals surface area contributed by atoms with E-state index in [0.717, 1.165) is 0 Å². The minimum atomic E-state index is -4.29. The van der Waals surface area contributed by atoms with Crippen molar-refractivity contribution in [3.8, 4) is 0 Å². The molecule has 0 aromatic carbocycles. The number of hydrogen-bond acceptors (Lipinski definition) is 3. The summed E-state index contributed by atoms with van der Waals surface area (Å²) in [5.41, 5.74) is 6.24. The van der Waals surface area contributed by atoms with E-state index in [4.69, 9.17) is 5.73 Å². The van der Waals surface area contributed by atoms with E-state index in [1.54, 1.807) is 13.0 Å². The molecular formula is C9H13F3N2O. The van der Waals surface area contributed by atoms with Crippen molar-refractivity contribution >= 4 is 6.21 Å². The van der Waals surface area contributed by atoms with Gasteiger partial charge >= 0.3 is 6.18 Å². The highest BCUT2D eigenvalue weighted by atomic mass is 19.4. The van der Waals surface area contributed by atoms with Gasteiger partial charge in [0.25, 0.3) is 0 Å². The van der Waals surface area contributed by atoms with Gasteiger partial charge in [0.2, 0.25) is 0 Å². The smallest absolute Gasteiger partial charge is 0.363 e. The van der Waals surface area contributed by atoms with Crippen molar-refractivity contribution < 1.29 is 17.9 Å². The summed E-state index contributed by atoms with van der Waals surface area (Å²) < 4.78 is 40.0. The Balaban J connectivity index is 2.37. The van der Waals surface area contributed by atoms with Crippen LogP contribution in [0.25, 0.3) is 0 Å². The summed E-state index contributed by atoms with van der Waals surface area (Å²) in [7, 11) is 0. The largest absolute Gasteiger partial charge is 0.411 e. The van der Waals surface area contributed by atoms with E-state index < -0.39 is 18.9 Å². The zero-order valence-corrected chi connectivity index (χ0v) is 8.29. The molecule has 0 fully saturated rings. The summed E-state index contributed by atoms with van der Waals surface area (Å²) in [6.45, 7) is 0.519. The standard InChI is InChI=1S/C9H13F3N2O/c1-6(13)8-3-2-7(4-14-8)15-5-9(10,11)12/h3-4,6-7H,2,5,13H2,1H3. The Labute approximate surface area is 85.8 Å². The first-order chi connectivity index (χ1) is 6.88. The molecule has 0 amide bonds. The van der Waals surface area contributed by atoms with E-state index in [9.17, 15) is 13.2 Å². The summed E-state index contributed by atoms with van der Waals surface area (Å²) in [5, 5.41) is 0. The second-order valence-corrected chi connectivity index (χ2v) is 3.40. The van der Waals surface area contributed by atoms with Crippen LogP contribution < -0.4 is 5.73 Å². The zero-order chi connectivity index (χ0) is 11.5. The first kappa shape index (κ1) is 12.2. The van der Waals surface area contributed by atoms with Crippen LogP contribution in [0.4, 0.5) is 13.2 Å². The molecule has 0 bridgehead atoms. The summed E-state index contributed by atoms with van der Waals surface area (Å²) in [4.78, 5) is 3.93.